The molecule has 1 aliphatic heterocycles. The molecule has 0 radical (unpaired) electrons. The highest BCUT2D eigenvalue weighted by atomic mass is 16.5. The quantitative estimate of drug-likeness (QED) is 0.786. The molecule has 1 saturated heterocycles. The molecule has 1 heterocycles. The summed E-state index contributed by atoms with van der Waals surface area (Å²) in [6.45, 7) is 6.81. The minimum Gasteiger partial charge on any atom is -0.493 e. The summed E-state index contributed by atoms with van der Waals surface area (Å²) in [5, 5.41) is 2.88. The molecule has 0 aromatic heterocycles. The summed E-state index contributed by atoms with van der Waals surface area (Å²) in [5.41, 5.74) is 0. The van der Waals surface area contributed by atoms with Gasteiger partial charge in [0, 0.05) is 32.2 Å². The molecule has 0 aliphatic carbocycles. The zero-order valence-electron chi connectivity index (χ0n) is 15.2. The van der Waals surface area contributed by atoms with Gasteiger partial charge >= 0.3 is 0 Å². The second kappa shape index (κ2) is 9.27. The second-order valence-electron chi connectivity index (χ2n) is 6.32. The number of benzene rings is 1. The fraction of sp³-hybridized carbons (Fsp3) is 0.556. The molecule has 1 fully saturated rings. The van der Waals surface area contributed by atoms with Gasteiger partial charge in [0.05, 0.1) is 13.7 Å². The van der Waals surface area contributed by atoms with E-state index in [2.05, 4.69) is 10.2 Å². The van der Waals surface area contributed by atoms with Crippen molar-refractivity contribution in [2.45, 2.75) is 19.9 Å². The topological polar surface area (TPSA) is 71.1 Å². The summed E-state index contributed by atoms with van der Waals surface area (Å²) in [5.74, 6) is 1.13. The van der Waals surface area contributed by atoms with E-state index in [1.165, 1.54) is 0 Å². The molecular formula is C18H27N3O4. The first-order valence-corrected chi connectivity index (χ1v) is 8.55. The SMILES string of the molecule is COc1ccccc1OCC(=O)N1CCN(CC(=O)NC(C)C)CC1. The Morgan fingerprint density at radius 2 is 1.76 bits per heavy atom. The normalized spacial score (nSPS) is 15.1. The predicted molar refractivity (Wildman–Crippen MR) is 94.8 cm³/mol. The molecule has 0 spiro atoms. The number of rotatable bonds is 7. The van der Waals surface area contributed by atoms with Crippen LogP contribution in [0.1, 0.15) is 13.8 Å². The van der Waals surface area contributed by atoms with E-state index >= 15 is 0 Å². The zero-order valence-corrected chi connectivity index (χ0v) is 15.2. The Balaban J connectivity index is 1.75. The molecular weight excluding hydrogens is 322 g/mol. The van der Waals surface area contributed by atoms with E-state index in [0.717, 1.165) is 0 Å². The predicted octanol–water partition coefficient (Wildman–Crippen LogP) is 0.743. The lowest BCUT2D eigenvalue weighted by Gasteiger charge is -2.34. The number of carbonyl (C=O) groups excluding carboxylic acids is 2. The Morgan fingerprint density at radius 1 is 1.12 bits per heavy atom. The lowest BCUT2D eigenvalue weighted by molar-refractivity contribution is -0.135. The lowest BCUT2D eigenvalue weighted by Crippen LogP contribution is -2.52. The van der Waals surface area contributed by atoms with Crippen LogP contribution in [0.2, 0.25) is 0 Å². The van der Waals surface area contributed by atoms with Gasteiger partial charge in [0.25, 0.3) is 5.91 Å². The third kappa shape index (κ3) is 5.94. The van der Waals surface area contributed by atoms with Crippen molar-refractivity contribution in [3.8, 4) is 11.5 Å². The fourth-order valence-electron chi connectivity index (χ4n) is 2.69. The van der Waals surface area contributed by atoms with Crippen molar-refractivity contribution in [1.82, 2.24) is 15.1 Å². The van der Waals surface area contributed by atoms with E-state index in [0.29, 0.717) is 44.2 Å². The fourth-order valence-corrected chi connectivity index (χ4v) is 2.69. The van der Waals surface area contributed by atoms with Crippen LogP contribution in [-0.4, -0.2) is 74.1 Å². The summed E-state index contributed by atoms with van der Waals surface area (Å²) in [4.78, 5) is 27.9. The Hall–Kier alpha value is -2.28. The van der Waals surface area contributed by atoms with Gasteiger partial charge in [-0.2, -0.15) is 0 Å². The summed E-state index contributed by atoms with van der Waals surface area (Å²) in [6, 6.07) is 7.39. The molecule has 2 amide bonds. The lowest BCUT2D eigenvalue weighted by atomic mass is 10.3. The summed E-state index contributed by atoms with van der Waals surface area (Å²) in [6.07, 6.45) is 0. The van der Waals surface area contributed by atoms with Crippen LogP contribution in [0.15, 0.2) is 24.3 Å². The van der Waals surface area contributed by atoms with Gasteiger partial charge in [0.1, 0.15) is 0 Å². The Morgan fingerprint density at radius 3 is 2.36 bits per heavy atom. The number of hydrogen-bond acceptors (Lipinski definition) is 5. The van der Waals surface area contributed by atoms with E-state index in [9.17, 15) is 9.59 Å². The summed E-state index contributed by atoms with van der Waals surface area (Å²) >= 11 is 0. The van der Waals surface area contributed by atoms with Crippen LogP contribution in [0.4, 0.5) is 0 Å². The zero-order chi connectivity index (χ0) is 18.2. The summed E-state index contributed by atoms with van der Waals surface area (Å²) in [7, 11) is 1.57. The standard InChI is InChI=1S/C18H27N3O4/c1-14(2)19-17(22)12-20-8-10-21(11-9-20)18(23)13-25-16-7-5-4-6-15(16)24-3/h4-7,14H,8-13H2,1-3H3,(H,19,22). The van der Waals surface area contributed by atoms with Gasteiger partial charge in [-0.15, -0.1) is 0 Å². The average molecular weight is 349 g/mol. The maximum absolute atomic E-state index is 12.3. The van der Waals surface area contributed by atoms with Gasteiger partial charge in [-0.05, 0) is 26.0 Å². The molecule has 0 unspecified atom stereocenters. The Labute approximate surface area is 148 Å². The molecule has 0 atom stereocenters. The molecule has 7 nitrogen and oxygen atoms in total. The van der Waals surface area contributed by atoms with Crippen LogP contribution in [0, 0.1) is 0 Å². The number of amides is 2. The maximum Gasteiger partial charge on any atom is 0.260 e. The molecule has 1 aromatic carbocycles. The monoisotopic (exact) mass is 349 g/mol. The van der Waals surface area contributed by atoms with Crippen LogP contribution >= 0.6 is 0 Å². The van der Waals surface area contributed by atoms with E-state index < -0.39 is 0 Å². The highest BCUT2D eigenvalue weighted by molar-refractivity contribution is 5.79. The first kappa shape index (κ1) is 19.1. The number of nitrogens with one attached hydrogen (secondary N) is 1. The molecule has 138 valence electrons. The Kier molecular flexibility index (Phi) is 7.06. The molecule has 25 heavy (non-hydrogen) atoms. The van der Waals surface area contributed by atoms with E-state index in [1.54, 1.807) is 24.1 Å². The van der Waals surface area contributed by atoms with Crippen molar-refractivity contribution in [2.75, 3.05) is 46.4 Å². The van der Waals surface area contributed by atoms with Gasteiger partial charge in [-0.25, -0.2) is 0 Å². The van der Waals surface area contributed by atoms with Gasteiger partial charge in [-0.1, -0.05) is 12.1 Å². The molecule has 0 saturated carbocycles. The van der Waals surface area contributed by atoms with Crippen LogP contribution in [0.25, 0.3) is 0 Å². The molecule has 1 aliphatic rings. The number of methoxy groups -OCH3 is 1. The number of piperazine rings is 1. The number of carbonyl (C=O) groups is 2. The van der Waals surface area contributed by atoms with Crippen molar-refractivity contribution in [3.63, 3.8) is 0 Å². The van der Waals surface area contributed by atoms with Crippen LogP contribution in [-0.2, 0) is 9.59 Å². The van der Waals surface area contributed by atoms with Crippen molar-refractivity contribution < 1.29 is 19.1 Å². The molecule has 7 heteroatoms. The highest BCUT2D eigenvalue weighted by Crippen LogP contribution is 2.25. The molecule has 1 N–H and O–H groups in total. The third-order valence-electron chi connectivity index (χ3n) is 3.96. The van der Waals surface area contributed by atoms with Gasteiger partial charge in [-0.3, -0.25) is 14.5 Å². The minimum absolute atomic E-state index is 0.0196. The van der Waals surface area contributed by atoms with Crippen molar-refractivity contribution in [1.29, 1.82) is 0 Å². The van der Waals surface area contributed by atoms with Gasteiger partial charge in [0.15, 0.2) is 18.1 Å². The van der Waals surface area contributed by atoms with Gasteiger partial charge < -0.3 is 19.7 Å². The highest BCUT2D eigenvalue weighted by Gasteiger charge is 2.23. The minimum atomic E-state index is -0.0582. The largest absolute Gasteiger partial charge is 0.493 e. The number of ether oxygens (including phenoxy) is 2. The van der Waals surface area contributed by atoms with E-state index in [4.69, 9.17) is 9.47 Å². The van der Waals surface area contributed by atoms with Gasteiger partial charge in [0.2, 0.25) is 5.91 Å². The summed E-state index contributed by atoms with van der Waals surface area (Å²) < 4.78 is 10.8. The molecule has 0 bridgehead atoms. The maximum atomic E-state index is 12.3. The van der Waals surface area contributed by atoms with Crippen molar-refractivity contribution in [2.24, 2.45) is 0 Å². The van der Waals surface area contributed by atoms with Crippen LogP contribution in [0.5, 0.6) is 11.5 Å². The van der Waals surface area contributed by atoms with E-state index in [-0.39, 0.29) is 24.5 Å². The number of nitrogens with zero attached hydrogens (tertiary/aromatic N) is 2. The third-order valence-corrected chi connectivity index (χ3v) is 3.96. The first-order valence-electron chi connectivity index (χ1n) is 8.55. The number of hydrogen-bond donors (Lipinski definition) is 1. The van der Waals surface area contributed by atoms with Crippen LogP contribution < -0.4 is 14.8 Å². The van der Waals surface area contributed by atoms with Crippen molar-refractivity contribution >= 4 is 11.8 Å². The molecule has 1 aromatic rings. The average Bonchev–Trinajstić information content (AvgIpc) is 2.59. The molecule has 2 rings (SSSR count). The van der Waals surface area contributed by atoms with Crippen LogP contribution in [0.3, 0.4) is 0 Å². The van der Waals surface area contributed by atoms with E-state index in [1.807, 2.05) is 26.0 Å². The second-order valence-corrected chi connectivity index (χ2v) is 6.32. The number of para-hydroxylation sites is 2. The first-order chi connectivity index (χ1) is 12.0. The smallest absolute Gasteiger partial charge is 0.260 e. The Bertz CT molecular complexity index is 583. The van der Waals surface area contributed by atoms with Crippen molar-refractivity contribution in [3.05, 3.63) is 24.3 Å².